The van der Waals surface area contributed by atoms with Crippen LogP contribution in [-0.4, -0.2) is 54.3 Å². The van der Waals surface area contributed by atoms with E-state index in [0.717, 1.165) is 44.2 Å². The second-order valence-corrected chi connectivity index (χ2v) is 8.14. The lowest BCUT2D eigenvalue weighted by Gasteiger charge is -2.32. The normalized spacial score (nSPS) is 21.4. The fraction of sp³-hybridized carbons (Fsp3) is 0.789. The molecule has 0 bridgehead atoms. The molecule has 1 N–H and O–H groups in total. The molecule has 0 spiro atoms. The second kappa shape index (κ2) is 9.71. The number of carbonyl (C=O) groups excluding carboxylic acids is 1. The number of nitrogens with one attached hydrogen (secondary N) is 1. The first-order chi connectivity index (χ1) is 12.8. The third-order valence-electron chi connectivity index (χ3n) is 5.51. The van der Waals surface area contributed by atoms with E-state index >= 15 is 0 Å². The summed E-state index contributed by atoms with van der Waals surface area (Å²) in [5.41, 5.74) is 0.422. The largest absolute Gasteiger partial charge is 0.498 e. The van der Waals surface area contributed by atoms with Crippen LogP contribution in [0.15, 0.2) is 12.4 Å². The van der Waals surface area contributed by atoms with Crippen LogP contribution < -0.4 is 10.8 Å². The van der Waals surface area contributed by atoms with E-state index in [2.05, 4.69) is 53.7 Å². The van der Waals surface area contributed by atoms with Crippen molar-refractivity contribution in [2.75, 3.05) is 19.7 Å². The van der Waals surface area contributed by atoms with Gasteiger partial charge in [0.1, 0.15) is 0 Å². The molecule has 2 saturated heterocycles. The maximum absolute atomic E-state index is 9.46. The van der Waals surface area contributed by atoms with Crippen LogP contribution in [-0.2, 0) is 18.8 Å². The first-order valence-corrected chi connectivity index (χ1v) is 9.96. The van der Waals surface area contributed by atoms with Gasteiger partial charge in [-0.1, -0.05) is 13.3 Å². The summed E-state index contributed by atoms with van der Waals surface area (Å²) in [7, 11) is -0.310. The van der Waals surface area contributed by atoms with Gasteiger partial charge in [0.05, 0.1) is 23.9 Å². The van der Waals surface area contributed by atoms with Crippen LogP contribution in [0.2, 0.25) is 0 Å². The van der Waals surface area contributed by atoms with E-state index in [0.29, 0.717) is 19.1 Å². The van der Waals surface area contributed by atoms with Gasteiger partial charge >= 0.3 is 7.12 Å². The maximum Gasteiger partial charge on any atom is 0.498 e. The van der Waals surface area contributed by atoms with E-state index < -0.39 is 0 Å². The molecule has 0 amide bonds. The van der Waals surface area contributed by atoms with Crippen molar-refractivity contribution in [3.05, 3.63) is 12.4 Å². The van der Waals surface area contributed by atoms with E-state index in [1.165, 1.54) is 0 Å². The Kier molecular flexibility index (Phi) is 7.88. The number of aromatic nitrogens is 2. The van der Waals surface area contributed by atoms with Gasteiger partial charge in [0.15, 0.2) is 0 Å². The summed E-state index contributed by atoms with van der Waals surface area (Å²) >= 11 is 0. The Morgan fingerprint density at radius 3 is 2.48 bits per heavy atom. The van der Waals surface area contributed by atoms with Crippen molar-refractivity contribution in [1.29, 1.82) is 0 Å². The Hall–Kier alpha value is -1.38. The molecule has 0 saturated carbocycles. The number of rotatable bonds is 6. The number of nitrogens with zero attached hydrogens (tertiary/aromatic N) is 2. The van der Waals surface area contributed by atoms with Crippen molar-refractivity contribution >= 4 is 19.1 Å². The lowest BCUT2D eigenvalue weighted by atomic mass is 9.82. The minimum atomic E-state index is -0.310. The molecule has 2 fully saturated rings. The van der Waals surface area contributed by atoms with Crippen LogP contribution in [0.1, 0.15) is 66.3 Å². The second-order valence-electron chi connectivity index (χ2n) is 8.14. The molecule has 2 aliphatic rings. The summed E-state index contributed by atoms with van der Waals surface area (Å²) in [5, 5.41) is 7.89. The Labute approximate surface area is 163 Å². The Balaban J connectivity index is 0.000000321. The molecular formula is C19H34BN3O4. The zero-order chi connectivity index (χ0) is 19.9. The van der Waals surface area contributed by atoms with Crippen molar-refractivity contribution in [2.24, 2.45) is 0 Å². The standard InChI is InChI=1S/C14H24BN3O2.C5H10O2/c1-13(2)14(3,4)20-15(19-13)11-9-17-18(10-11)12-5-7-16-8-6-12;1-2-3-4-7-5-6/h9-10,12,16H,5-8H2,1-4H3;5H,2-4H2,1H3. The monoisotopic (exact) mass is 379 g/mol. The summed E-state index contributed by atoms with van der Waals surface area (Å²) in [4.78, 5) is 9.46. The number of hydrogen-bond donors (Lipinski definition) is 1. The van der Waals surface area contributed by atoms with Crippen molar-refractivity contribution in [3.63, 3.8) is 0 Å². The van der Waals surface area contributed by atoms with E-state index in [-0.39, 0.29) is 18.3 Å². The van der Waals surface area contributed by atoms with Crippen molar-refractivity contribution < 1.29 is 18.8 Å². The molecule has 152 valence electrons. The minimum Gasteiger partial charge on any atom is -0.468 e. The van der Waals surface area contributed by atoms with Gasteiger partial charge in [0, 0.05) is 17.9 Å². The molecule has 0 atom stereocenters. The number of ether oxygens (including phenoxy) is 1. The highest BCUT2D eigenvalue weighted by atomic mass is 16.7. The Bertz CT molecular complexity index is 569. The Morgan fingerprint density at radius 2 is 1.93 bits per heavy atom. The first kappa shape index (κ1) is 21.9. The number of hydrogen-bond acceptors (Lipinski definition) is 6. The van der Waals surface area contributed by atoms with Gasteiger partial charge in [-0.05, 0) is 60.0 Å². The van der Waals surface area contributed by atoms with E-state index in [1.54, 1.807) is 0 Å². The van der Waals surface area contributed by atoms with Gasteiger partial charge in [-0.25, -0.2) is 0 Å². The Morgan fingerprint density at radius 1 is 1.30 bits per heavy atom. The molecule has 0 unspecified atom stereocenters. The highest BCUT2D eigenvalue weighted by Crippen LogP contribution is 2.36. The molecule has 8 heteroatoms. The van der Waals surface area contributed by atoms with Crippen molar-refractivity contribution in [1.82, 2.24) is 15.1 Å². The third kappa shape index (κ3) is 5.80. The number of piperidine rings is 1. The third-order valence-corrected chi connectivity index (χ3v) is 5.51. The SMILES string of the molecule is CC1(C)OB(c2cnn(C3CCNCC3)c2)OC1(C)C.CCCCOC=O. The van der Waals surface area contributed by atoms with Crippen molar-refractivity contribution in [2.45, 2.75) is 77.5 Å². The highest BCUT2D eigenvalue weighted by molar-refractivity contribution is 6.62. The average molecular weight is 379 g/mol. The first-order valence-electron chi connectivity index (χ1n) is 9.96. The van der Waals surface area contributed by atoms with Gasteiger partial charge in [-0.2, -0.15) is 5.10 Å². The number of unbranched alkanes of at least 4 members (excludes halogenated alkanes) is 1. The van der Waals surface area contributed by atoms with Crippen LogP contribution >= 0.6 is 0 Å². The predicted molar refractivity (Wildman–Crippen MR) is 106 cm³/mol. The molecule has 0 aliphatic carbocycles. The van der Waals surface area contributed by atoms with Crippen LogP contribution in [0.3, 0.4) is 0 Å². The quantitative estimate of drug-likeness (QED) is 0.463. The van der Waals surface area contributed by atoms with Crippen LogP contribution in [0.5, 0.6) is 0 Å². The summed E-state index contributed by atoms with van der Waals surface area (Å²) in [6, 6.07) is 0.493. The van der Waals surface area contributed by atoms with Gasteiger partial charge in [-0.15, -0.1) is 0 Å². The van der Waals surface area contributed by atoms with Gasteiger partial charge < -0.3 is 19.4 Å². The molecule has 1 aromatic rings. The summed E-state index contributed by atoms with van der Waals surface area (Å²) in [5.74, 6) is 0. The molecule has 1 aromatic heterocycles. The van der Waals surface area contributed by atoms with E-state index in [9.17, 15) is 4.79 Å². The molecular weight excluding hydrogens is 345 g/mol. The zero-order valence-corrected chi connectivity index (χ0v) is 17.4. The topological polar surface area (TPSA) is 74.6 Å². The lowest BCUT2D eigenvalue weighted by Crippen LogP contribution is -2.41. The lowest BCUT2D eigenvalue weighted by molar-refractivity contribution is -0.128. The van der Waals surface area contributed by atoms with E-state index in [4.69, 9.17) is 9.31 Å². The van der Waals surface area contributed by atoms with Gasteiger partial charge in [-0.3, -0.25) is 9.48 Å². The molecule has 27 heavy (non-hydrogen) atoms. The minimum absolute atomic E-state index is 0.297. The fourth-order valence-electron chi connectivity index (χ4n) is 3.00. The number of carbonyl (C=O) groups is 1. The maximum atomic E-state index is 9.46. The van der Waals surface area contributed by atoms with Gasteiger partial charge in [0.25, 0.3) is 6.47 Å². The molecule has 0 aromatic carbocycles. The summed E-state index contributed by atoms with van der Waals surface area (Å²) in [6.07, 6.45) is 8.27. The predicted octanol–water partition coefficient (Wildman–Crippen LogP) is 2.07. The summed E-state index contributed by atoms with van der Waals surface area (Å²) < 4.78 is 18.6. The fourth-order valence-corrected chi connectivity index (χ4v) is 3.00. The zero-order valence-electron chi connectivity index (χ0n) is 17.4. The molecule has 0 radical (unpaired) electrons. The van der Waals surface area contributed by atoms with Crippen molar-refractivity contribution in [3.8, 4) is 0 Å². The molecule has 3 rings (SSSR count). The smallest absolute Gasteiger partial charge is 0.468 e. The average Bonchev–Trinajstić information content (AvgIpc) is 3.20. The van der Waals surface area contributed by atoms with Crippen LogP contribution in [0, 0.1) is 0 Å². The molecule has 7 nitrogen and oxygen atoms in total. The highest BCUT2D eigenvalue weighted by Gasteiger charge is 2.52. The molecule has 2 aliphatic heterocycles. The van der Waals surface area contributed by atoms with Gasteiger partial charge in [0.2, 0.25) is 0 Å². The van der Waals surface area contributed by atoms with Crippen LogP contribution in [0.25, 0.3) is 0 Å². The molecule has 3 heterocycles. The van der Waals surface area contributed by atoms with Crippen LogP contribution in [0.4, 0.5) is 0 Å². The van der Waals surface area contributed by atoms with E-state index in [1.807, 2.05) is 13.1 Å². The summed E-state index contributed by atoms with van der Waals surface area (Å²) in [6.45, 7) is 13.5.